The van der Waals surface area contributed by atoms with E-state index in [-0.39, 0.29) is 6.10 Å². The lowest BCUT2D eigenvalue weighted by Crippen LogP contribution is -2.19. The molecule has 5 nitrogen and oxygen atoms in total. The molecule has 2 heterocycles. The molecule has 0 saturated carbocycles. The molecule has 3 rings (SSSR count). The van der Waals surface area contributed by atoms with Crippen LogP contribution >= 0.6 is 0 Å². The van der Waals surface area contributed by atoms with Crippen LogP contribution in [0.5, 0.6) is 0 Å². The Kier molecular flexibility index (Phi) is 2.80. The minimum absolute atomic E-state index is 0.0242. The molecule has 1 fully saturated rings. The quantitative estimate of drug-likeness (QED) is 0.899. The van der Waals surface area contributed by atoms with Crippen molar-refractivity contribution in [1.29, 1.82) is 0 Å². The van der Waals surface area contributed by atoms with Gasteiger partial charge in [-0.25, -0.2) is 0 Å². The van der Waals surface area contributed by atoms with E-state index in [1.807, 2.05) is 38.1 Å². The van der Waals surface area contributed by atoms with Crippen LogP contribution in [-0.4, -0.2) is 17.6 Å². The summed E-state index contributed by atoms with van der Waals surface area (Å²) in [5.74, 6) is -0.184. The second kappa shape index (κ2) is 4.36. The Hall–Kier alpha value is -1.85. The van der Waals surface area contributed by atoms with Crippen LogP contribution in [0.25, 0.3) is 11.1 Å². The van der Waals surface area contributed by atoms with Crippen LogP contribution in [0.15, 0.2) is 35.0 Å². The third-order valence-corrected chi connectivity index (χ3v) is 3.20. The molecule has 5 heteroatoms. The first-order valence-electron chi connectivity index (χ1n) is 6.17. The lowest BCUT2D eigenvalue weighted by molar-refractivity contribution is -0.139. The molecule has 1 saturated heterocycles. The number of nitrogen functional groups attached to an aromatic ring is 1. The fourth-order valence-electron chi connectivity index (χ4n) is 2.19. The minimum atomic E-state index is -0.512. The van der Waals surface area contributed by atoms with Gasteiger partial charge >= 0.3 is 0 Å². The molecule has 1 aromatic heterocycles. The average Bonchev–Trinajstić information content (AvgIpc) is 2.95. The van der Waals surface area contributed by atoms with Crippen molar-refractivity contribution in [2.75, 3.05) is 12.3 Å². The second-order valence-corrected chi connectivity index (χ2v) is 5.04. The van der Waals surface area contributed by atoms with Crippen molar-refractivity contribution in [2.45, 2.75) is 25.7 Å². The Morgan fingerprint density at radius 1 is 1.26 bits per heavy atom. The second-order valence-electron chi connectivity index (χ2n) is 5.04. The van der Waals surface area contributed by atoms with Gasteiger partial charge < -0.3 is 19.7 Å². The highest BCUT2D eigenvalue weighted by Gasteiger charge is 2.33. The summed E-state index contributed by atoms with van der Waals surface area (Å²) in [5, 5.41) is 3.67. The molecule has 100 valence electrons. The molecule has 19 heavy (non-hydrogen) atoms. The number of benzene rings is 1. The standard InChI is InChI=1S/C14H16N2O3/c1-14(2)17-8-12(18-14)10-5-3-9(4-6-10)11-7-16-19-13(11)15/h3-7,12H,8,15H2,1-2H3. The molecular formula is C14H16N2O3. The SMILES string of the molecule is CC1(C)OCC(c2ccc(-c3cnoc3N)cc2)O1. The fourth-order valence-corrected chi connectivity index (χ4v) is 2.19. The van der Waals surface area contributed by atoms with Gasteiger partial charge in [0, 0.05) is 0 Å². The number of nitrogens with two attached hydrogens (primary N) is 1. The molecule has 0 radical (unpaired) electrons. The summed E-state index contributed by atoms with van der Waals surface area (Å²) < 4.78 is 16.2. The van der Waals surface area contributed by atoms with E-state index in [1.165, 1.54) is 0 Å². The highest BCUT2D eigenvalue weighted by Crippen LogP contribution is 2.34. The van der Waals surface area contributed by atoms with Gasteiger partial charge in [0.05, 0.1) is 18.4 Å². The largest absolute Gasteiger partial charge is 0.367 e. The van der Waals surface area contributed by atoms with E-state index < -0.39 is 5.79 Å². The minimum Gasteiger partial charge on any atom is -0.367 e. The van der Waals surface area contributed by atoms with Crippen LogP contribution in [0, 0.1) is 0 Å². The van der Waals surface area contributed by atoms with E-state index in [0.29, 0.717) is 12.5 Å². The number of anilines is 1. The van der Waals surface area contributed by atoms with Crippen molar-refractivity contribution in [3.8, 4) is 11.1 Å². The van der Waals surface area contributed by atoms with Crippen molar-refractivity contribution in [1.82, 2.24) is 5.16 Å². The smallest absolute Gasteiger partial charge is 0.229 e. The highest BCUT2D eigenvalue weighted by molar-refractivity contribution is 5.71. The molecule has 2 N–H and O–H groups in total. The zero-order valence-electron chi connectivity index (χ0n) is 10.9. The van der Waals surface area contributed by atoms with E-state index in [4.69, 9.17) is 19.7 Å². The average molecular weight is 260 g/mol. The van der Waals surface area contributed by atoms with E-state index in [0.717, 1.165) is 16.7 Å². The van der Waals surface area contributed by atoms with Crippen molar-refractivity contribution >= 4 is 5.88 Å². The van der Waals surface area contributed by atoms with Gasteiger partial charge in [-0.15, -0.1) is 0 Å². The van der Waals surface area contributed by atoms with E-state index in [1.54, 1.807) is 6.20 Å². The third kappa shape index (κ3) is 2.34. The molecule has 1 unspecified atom stereocenters. The van der Waals surface area contributed by atoms with Gasteiger partial charge in [0.25, 0.3) is 0 Å². The highest BCUT2D eigenvalue weighted by atomic mass is 16.7. The lowest BCUT2D eigenvalue weighted by Gasteiger charge is -2.17. The summed E-state index contributed by atoms with van der Waals surface area (Å²) in [4.78, 5) is 0. The maximum absolute atomic E-state index is 5.81. The first kappa shape index (κ1) is 12.2. The topological polar surface area (TPSA) is 70.5 Å². The molecule has 1 atom stereocenters. The fraction of sp³-hybridized carbons (Fsp3) is 0.357. The zero-order chi connectivity index (χ0) is 13.5. The van der Waals surface area contributed by atoms with Gasteiger partial charge in [-0.1, -0.05) is 29.4 Å². The Balaban J connectivity index is 1.82. The van der Waals surface area contributed by atoms with Gasteiger partial charge in [0.15, 0.2) is 5.79 Å². The number of hydrogen-bond donors (Lipinski definition) is 1. The molecule has 2 aromatic rings. The summed E-state index contributed by atoms with van der Waals surface area (Å²) in [7, 11) is 0. The van der Waals surface area contributed by atoms with Crippen LogP contribution in [-0.2, 0) is 9.47 Å². The summed E-state index contributed by atoms with van der Waals surface area (Å²) in [6.07, 6.45) is 1.59. The van der Waals surface area contributed by atoms with Crippen LogP contribution in [0.4, 0.5) is 5.88 Å². The van der Waals surface area contributed by atoms with Gasteiger partial charge in [-0.05, 0) is 25.0 Å². The third-order valence-electron chi connectivity index (χ3n) is 3.20. The normalized spacial score (nSPS) is 21.7. The summed E-state index contributed by atoms with van der Waals surface area (Å²) in [6.45, 7) is 4.40. The molecule has 0 amide bonds. The molecule has 1 aromatic carbocycles. The van der Waals surface area contributed by atoms with E-state index >= 15 is 0 Å². The summed E-state index contributed by atoms with van der Waals surface area (Å²) in [6, 6.07) is 7.98. The molecular weight excluding hydrogens is 244 g/mol. The Morgan fingerprint density at radius 2 is 2.00 bits per heavy atom. The number of nitrogens with zero attached hydrogens (tertiary/aromatic N) is 1. The number of rotatable bonds is 2. The summed E-state index contributed by atoms with van der Waals surface area (Å²) >= 11 is 0. The van der Waals surface area contributed by atoms with Crippen molar-refractivity contribution in [3.63, 3.8) is 0 Å². The van der Waals surface area contributed by atoms with Crippen LogP contribution in [0.2, 0.25) is 0 Å². The zero-order valence-corrected chi connectivity index (χ0v) is 10.9. The Labute approximate surface area is 111 Å². The molecule has 1 aliphatic heterocycles. The van der Waals surface area contributed by atoms with Gasteiger partial charge in [-0.3, -0.25) is 0 Å². The first-order chi connectivity index (χ1) is 9.05. The maximum Gasteiger partial charge on any atom is 0.229 e. The predicted octanol–water partition coefficient (Wildman–Crippen LogP) is 2.75. The van der Waals surface area contributed by atoms with Crippen molar-refractivity contribution in [2.24, 2.45) is 0 Å². The van der Waals surface area contributed by atoms with Crippen LogP contribution in [0.1, 0.15) is 25.5 Å². The van der Waals surface area contributed by atoms with Crippen molar-refractivity contribution in [3.05, 3.63) is 36.0 Å². The lowest BCUT2D eigenvalue weighted by atomic mass is 10.0. The first-order valence-corrected chi connectivity index (χ1v) is 6.17. The molecule has 0 aliphatic carbocycles. The van der Waals surface area contributed by atoms with Crippen molar-refractivity contribution < 1.29 is 14.0 Å². The van der Waals surface area contributed by atoms with Crippen LogP contribution in [0.3, 0.4) is 0 Å². The van der Waals surface area contributed by atoms with E-state index in [9.17, 15) is 0 Å². The monoisotopic (exact) mass is 260 g/mol. The van der Waals surface area contributed by atoms with Gasteiger partial charge in [0.2, 0.25) is 5.88 Å². The number of aromatic nitrogens is 1. The Bertz CT molecular complexity index is 575. The molecule has 0 spiro atoms. The van der Waals surface area contributed by atoms with E-state index in [2.05, 4.69) is 5.16 Å². The van der Waals surface area contributed by atoms with Crippen LogP contribution < -0.4 is 5.73 Å². The Morgan fingerprint density at radius 3 is 2.53 bits per heavy atom. The number of ether oxygens (including phenoxy) is 2. The molecule has 0 bridgehead atoms. The van der Waals surface area contributed by atoms with Gasteiger partial charge in [0.1, 0.15) is 6.10 Å². The maximum atomic E-state index is 5.81. The summed E-state index contributed by atoms with van der Waals surface area (Å²) in [5.41, 5.74) is 8.56. The predicted molar refractivity (Wildman–Crippen MR) is 70.2 cm³/mol. The number of hydrogen-bond acceptors (Lipinski definition) is 5. The molecule has 1 aliphatic rings. The van der Waals surface area contributed by atoms with Gasteiger partial charge in [-0.2, -0.15) is 0 Å².